The molecule has 132 heavy (non-hydrogen) atoms. The van der Waals surface area contributed by atoms with Gasteiger partial charge in [-0.2, -0.15) is 11.3 Å². The minimum atomic E-state index is -0.301. The molecule has 1 aromatic heterocycles. The number of carbonyl (C=O) groups excluding carboxylic acids is 7. The van der Waals surface area contributed by atoms with Crippen molar-refractivity contribution >= 4 is 150 Å². The number of unbranched alkanes of at least 4 members (excludes halogenated alkanes) is 32. The third kappa shape index (κ3) is 19.8. The molecule has 0 spiro atoms. The number of rotatable bonds is 58. The zero-order valence-corrected chi connectivity index (χ0v) is 82.5. The van der Waals surface area contributed by atoms with Gasteiger partial charge in [-0.05, 0) is 221 Å². The standard InChI is InChI=1S/C120H152N4O7S/c1-9-17-25-33-37-45-50-80(49-41-29-21-13-5)73-121-77-84-57-58-87-89-62-69-96-110-107(89)100(91-64-66-93(114(121)125)104(84)105(87)91)71-98(112(110)119(130)123(117(96)128)75-82(52-43-31-23-15-7)55-47-39-35-27-19-11-3)85-59-60-86(103-79-132-78-102(85)103)99-72-101-92-65-68-95-109-94(115(126)122(116(95)127)74-81(51-42-30-22-14-6)54-46-38-34-26-18-10-2)67-61-88(106(92)109)90-63-70-97-111(108(90)101)113(99)120(131)124(118(97)129)76-83(53-44-32-24-16-8)56-48-40-36-28-20-12-4/h57-72,78-83H,9-56,73-77H2,1-8H3. The van der Waals surface area contributed by atoms with Crippen molar-refractivity contribution in [3.8, 4) is 22.3 Å². The van der Waals surface area contributed by atoms with Crippen molar-refractivity contribution in [3.05, 3.63) is 152 Å². The summed E-state index contributed by atoms with van der Waals surface area (Å²) < 4.78 is 0. The molecule has 0 fully saturated rings. The molecule has 11 aromatic carbocycles. The van der Waals surface area contributed by atoms with Gasteiger partial charge in [0.05, 0.1) is 11.1 Å². The van der Waals surface area contributed by atoms with Crippen LogP contribution in [0.5, 0.6) is 0 Å². The molecule has 16 rings (SSSR count). The van der Waals surface area contributed by atoms with Crippen LogP contribution in [-0.2, 0) is 6.54 Å². The molecule has 4 atom stereocenters. The predicted molar refractivity (Wildman–Crippen MR) is 557 cm³/mol. The van der Waals surface area contributed by atoms with Crippen LogP contribution in [0.3, 0.4) is 0 Å². The Hall–Kier alpha value is -9.13. The van der Waals surface area contributed by atoms with Crippen molar-refractivity contribution in [3.63, 3.8) is 0 Å². The van der Waals surface area contributed by atoms with E-state index < -0.39 is 0 Å². The first-order valence-electron chi connectivity index (χ1n) is 53.6. The molecule has 12 aromatic rings. The maximum atomic E-state index is 16.9. The average Bonchev–Trinajstić information content (AvgIpc) is 0.738. The molecule has 0 radical (unpaired) electrons. The molecule has 0 saturated carbocycles. The Kier molecular flexibility index (Phi) is 33.1. The first-order valence-corrected chi connectivity index (χ1v) is 54.5. The Bertz CT molecular complexity index is 6080. The van der Waals surface area contributed by atoms with Gasteiger partial charge in [-0.3, -0.25) is 48.3 Å². The van der Waals surface area contributed by atoms with E-state index in [9.17, 15) is 0 Å². The van der Waals surface area contributed by atoms with Crippen LogP contribution in [0.1, 0.15) is 442 Å². The Labute approximate surface area is 792 Å². The third-order valence-corrected chi connectivity index (χ3v) is 32.3. The number of hydrogen-bond acceptors (Lipinski definition) is 8. The number of benzene rings is 11. The van der Waals surface area contributed by atoms with Gasteiger partial charge in [0, 0.05) is 92.9 Å². The highest BCUT2D eigenvalue weighted by Gasteiger charge is 2.43. The van der Waals surface area contributed by atoms with E-state index in [0.717, 1.165) is 276 Å². The lowest BCUT2D eigenvalue weighted by Crippen LogP contribution is -2.43. The lowest BCUT2D eigenvalue weighted by molar-refractivity contribution is 0.0563. The summed E-state index contributed by atoms with van der Waals surface area (Å²) in [6.45, 7) is 20.4. The molecule has 0 aliphatic carbocycles. The number of imide groups is 3. The summed E-state index contributed by atoms with van der Waals surface area (Å²) >= 11 is 1.58. The number of amides is 7. The van der Waals surface area contributed by atoms with E-state index in [1.807, 2.05) is 24.3 Å². The van der Waals surface area contributed by atoms with E-state index >= 15 is 33.6 Å². The third-order valence-electron chi connectivity index (χ3n) is 31.6. The highest BCUT2D eigenvalue weighted by Crippen LogP contribution is 2.55. The molecule has 4 aliphatic heterocycles. The molecular weight excluding hydrogens is 1640 g/mol. The molecule has 7 amide bonds. The fourth-order valence-corrected chi connectivity index (χ4v) is 25.1. The van der Waals surface area contributed by atoms with Crippen LogP contribution in [0.15, 0.2) is 108 Å². The number of hydrogen-bond donors (Lipinski definition) is 0. The van der Waals surface area contributed by atoms with E-state index in [1.54, 1.807) is 26.0 Å². The fraction of sp³-hybridized carbons (Fsp3) is 0.542. The number of thiophene rings is 1. The van der Waals surface area contributed by atoms with Gasteiger partial charge in [0.25, 0.3) is 41.4 Å². The topological polar surface area (TPSA) is 132 Å². The molecular formula is C120H152N4O7S. The highest BCUT2D eigenvalue weighted by molar-refractivity contribution is 7.09. The van der Waals surface area contributed by atoms with Gasteiger partial charge >= 0.3 is 0 Å². The number of fused-ring (bicyclic) bond motifs is 5. The maximum absolute atomic E-state index is 16.9. The van der Waals surface area contributed by atoms with Crippen molar-refractivity contribution in [2.24, 2.45) is 23.7 Å². The van der Waals surface area contributed by atoms with Crippen LogP contribution in [0.4, 0.5) is 0 Å². The second kappa shape index (κ2) is 45.5. The molecule has 4 unspecified atom stereocenters. The van der Waals surface area contributed by atoms with Crippen molar-refractivity contribution in [1.82, 2.24) is 19.6 Å². The van der Waals surface area contributed by atoms with Crippen molar-refractivity contribution in [1.29, 1.82) is 0 Å². The molecule has 12 heteroatoms. The van der Waals surface area contributed by atoms with Crippen molar-refractivity contribution in [2.45, 2.75) is 370 Å². The second-order valence-electron chi connectivity index (χ2n) is 41.1. The maximum Gasteiger partial charge on any atom is 0.262 e. The zero-order chi connectivity index (χ0) is 91.9. The lowest BCUT2D eigenvalue weighted by atomic mass is 9.78. The minimum Gasteiger partial charge on any atom is -0.334 e. The van der Waals surface area contributed by atoms with Gasteiger partial charge in [0.1, 0.15) is 0 Å². The smallest absolute Gasteiger partial charge is 0.262 e. The molecule has 0 saturated heterocycles. The molecule has 700 valence electrons. The van der Waals surface area contributed by atoms with E-state index in [-0.39, 0.29) is 59.1 Å². The van der Waals surface area contributed by atoms with Gasteiger partial charge in [0.2, 0.25) is 0 Å². The first-order chi connectivity index (χ1) is 64.7. The van der Waals surface area contributed by atoms with E-state index in [2.05, 4.69) is 144 Å². The monoisotopic (exact) mass is 1790 g/mol. The number of carbonyl (C=O) groups is 7. The van der Waals surface area contributed by atoms with Gasteiger partial charge in [-0.1, -0.05) is 367 Å². The summed E-state index contributed by atoms with van der Waals surface area (Å²) in [6.07, 6.45) is 54.7. The van der Waals surface area contributed by atoms with Crippen LogP contribution in [-0.4, -0.2) is 87.1 Å². The zero-order valence-electron chi connectivity index (χ0n) is 81.7. The summed E-state index contributed by atoms with van der Waals surface area (Å²) in [5.41, 5.74) is 8.01. The van der Waals surface area contributed by atoms with Crippen LogP contribution in [0, 0.1) is 23.7 Å². The number of nitrogens with zero attached hydrogens (tertiary/aromatic N) is 4. The normalized spacial score (nSPS) is 15.1. The second-order valence-corrected chi connectivity index (χ2v) is 41.8. The highest BCUT2D eigenvalue weighted by atomic mass is 32.1. The summed E-state index contributed by atoms with van der Waals surface area (Å²) in [4.78, 5) is 120. The van der Waals surface area contributed by atoms with E-state index in [0.29, 0.717) is 87.2 Å². The predicted octanol–water partition coefficient (Wildman–Crippen LogP) is 34.4. The van der Waals surface area contributed by atoms with E-state index in [4.69, 9.17) is 0 Å². The van der Waals surface area contributed by atoms with Gasteiger partial charge in [-0.15, -0.1) is 0 Å². The SMILES string of the molecule is CCCCCCCCC(CCCCCC)CN1Cc2ccc3c4ccc5c6c(c(-c7ccc(-c8cc9c%10ccc%11c%12c(ccc(c%13ccc%14c(c8C(=O)N(CC(CCCCCC)CCCCCCCC)C%14=O)c%139)c%12%10)C(=O)N(CC(CCCCCC)CCCCCCCC)C%11=O)c8cscc78)cc(c7ccc(c2c37)C1=O)c64)C(=O)N(CC(CCCCCC)CCCCCCCC)C5=O. The molecule has 4 aliphatic rings. The summed E-state index contributed by atoms with van der Waals surface area (Å²) in [7, 11) is 0. The quantitative estimate of drug-likeness (QED) is 0.0160. The van der Waals surface area contributed by atoms with Crippen molar-refractivity contribution in [2.75, 3.05) is 26.2 Å². The summed E-state index contributed by atoms with van der Waals surface area (Å²) in [5.74, 6) is -0.657. The average molecular weight is 1790 g/mol. The largest absolute Gasteiger partial charge is 0.334 e. The van der Waals surface area contributed by atoms with Crippen LogP contribution in [0.25, 0.3) is 119 Å². The first kappa shape index (κ1) is 96.0. The molecule has 0 N–H and O–H groups in total. The van der Waals surface area contributed by atoms with E-state index in [1.165, 1.54) is 148 Å². The Morgan fingerprint density at radius 1 is 0.220 bits per heavy atom. The van der Waals surface area contributed by atoms with Crippen molar-refractivity contribution < 1.29 is 33.6 Å². The van der Waals surface area contributed by atoms with Gasteiger partial charge in [-0.25, -0.2) is 0 Å². The molecule has 11 nitrogen and oxygen atoms in total. The Morgan fingerprint density at radius 3 is 0.788 bits per heavy atom. The fourth-order valence-electron chi connectivity index (χ4n) is 24.3. The van der Waals surface area contributed by atoms with Crippen LogP contribution < -0.4 is 0 Å². The van der Waals surface area contributed by atoms with Gasteiger partial charge < -0.3 is 4.90 Å². The summed E-state index contributed by atoms with van der Waals surface area (Å²) in [6, 6.07) is 33.8. The Morgan fingerprint density at radius 2 is 0.462 bits per heavy atom. The molecule has 5 heterocycles. The molecule has 0 bridgehead atoms. The van der Waals surface area contributed by atoms with Crippen LogP contribution in [0.2, 0.25) is 0 Å². The minimum absolute atomic E-state index is 0.0871. The lowest BCUT2D eigenvalue weighted by Gasteiger charge is -2.34. The van der Waals surface area contributed by atoms with Crippen LogP contribution >= 0.6 is 11.3 Å². The van der Waals surface area contributed by atoms with Gasteiger partial charge in [0.15, 0.2) is 0 Å². The summed E-state index contributed by atoms with van der Waals surface area (Å²) in [5, 5.41) is 19.9. The Balaban J connectivity index is 0.867.